The highest BCUT2D eigenvalue weighted by molar-refractivity contribution is 6.08. The number of benzene rings is 3. The van der Waals surface area contributed by atoms with Crippen LogP contribution in [0.25, 0.3) is 0 Å². The van der Waals surface area contributed by atoms with Crippen LogP contribution in [0.1, 0.15) is 37.4 Å². The maximum absolute atomic E-state index is 13.0. The molecule has 4 rings (SSSR count). The van der Waals surface area contributed by atoms with Gasteiger partial charge in [0.15, 0.2) is 0 Å². The molecule has 0 spiro atoms. The van der Waals surface area contributed by atoms with E-state index in [4.69, 9.17) is 0 Å². The van der Waals surface area contributed by atoms with E-state index in [2.05, 4.69) is 5.32 Å². The lowest BCUT2D eigenvalue weighted by molar-refractivity contribution is 0.0949. The molecule has 0 bridgehead atoms. The summed E-state index contributed by atoms with van der Waals surface area (Å²) in [6.07, 6.45) is 0.815. The fourth-order valence-corrected chi connectivity index (χ4v) is 3.59. The van der Waals surface area contributed by atoms with Gasteiger partial charge < -0.3 is 10.2 Å². The summed E-state index contributed by atoms with van der Waals surface area (Å²) in [5.41, 5.74) is 4.99. The second kappa shape index (κ2) is 7.87. The quantitative estimate of drug-likeness (QED) is 0.726. The lowest BCUT2D eigenvalue weighted by Crippen LogP contribution is -2.29. The van der Waals surface area contributed by atoms with E-state index in [9.17, 15) is 14.0 Å². The van der Waals surface area contributed by atoms with Crippen molar-refractivity contribution >= 4 is 17.5 Å². The second-order valence-corrected chi connectivity index (χ2v) is 7.17. The van der Waals surface area contributed by atoms with Crippen molar-refractivity contribution in [1.82, 2.24) is 5.32 Å². The number of carbonyl (C=O) groups is 2. The smallest absolute Gasteiger partial charge is 0.258 e. The molecule has 1 heterocycles. The molecule has 0 aliphatic carbocycles. The van der Waals surface area contributed by atoms with Crippen molar-refractivity contribution in [2.75, 3.05) is 11.4 Å². The van der Waals surface area contributed by atoms with Gasteiger partial charge in [0, 0.05) is 29.9 Å². The molecule has 4 nitrogen and oxygen atoms in total. The lowest BCUT2D eigenvalue weighted by atomic mass is 10.1. The number of anilines is 1. The molecule has 2 amide bonds. The predicted octanol–water partition coefficient (Wildman–Crippen LogP) is 4.27. The summed E-state index contributed by atoms with van der Waals surface area (Å²) in [5.74, 6) is -0.647. The molecule has 1 aliphatic rings. The molecule has 29 heavy (non-hydrogen) atoms. The Morgan fingerprint density at radius 3 is 2.55 bits per heavy atom. The number of nitrogens with zero attached hydrogens (tertiary/aromatic N) is 1. The molecule has 0 unspecified atom stereocenters. The van der Waals surface area contributed by atoms with Gasteiger partial charge in [-0.25, -0.2) is 4.39 Å². The van der Waals surface area contributed by atoms with Gasteiger partial charge >= 0.3 is 0 Å². The molecule has 1 N–H and O–H groups in total. The third-order valence-corrected chi connectivity index (χ3v) is 5.23. The van der Waals surface area contributed by atoms with Gasteiger partial charge in [-0.3, -0.25) is 9.59 Å². The number of halogens is 1. The van der Waals surface area contributed by atoms with E-state index in [0.29, 0.717) is 24.2 Å². The molecular weight excluding hydrogens is 367 g/mol. The molecule has 0 atom stereocenters. The molecular formula is C24H21FN2O2. The van der Waals surface area contributed by atoms with Gasteiger partial charge in [0.1, 0.15) is 5.82 Å². The second-order valence-electron chi connectivity index (χ2n) is 7.17. The van der Waals surface area contributed by atoms with Crippen LogP contribution in [-0.2, 0) is 13.0 Å². The largest absolute Gasteiger partial charge is 0.348 e. The number of hydrogen-bond donors (Lipinski definition) is 1. The fourth-order valence-electron chi connectivity index (χ4n) is 3.59. The Morgan fingerprint density at radius 2 is 1.79 bits per heavy atom. The summed E-state index contributed by atoms with van der Waals surface area (Å²) in [7, 11) is 0. The summed E-state index contributed by atoms with van der Waals surface area (Å²) in [6, 6.07) is 19.0. The number of carbonyl (C=O) groups excluding carboxylic acids is 2. The first-order valence-electron chi connectivity index (χ1n) is 9.56. The first kappa shape index (κ1) is 18.9. The third-order valence-electron chi connectivity index (χ3n) is 5.23. The van der Waals surface area contributed by atoms with Gasteiger partial charge in [-0.2, -0.15) is 0 Å². The van der Waals surface area contributed by atoms with Crippen LogP contribution in [0, 0.1) is 12.7 Å². The molecule has 3 aromatic rings. The van der Waals surface area contributed by atoms with Crippen LogP contribution in [0.2, 0.25) is 0 Å². The standard InChI is InChI=1S/C24H21FN2O2/c1-16-4-2-3-5-21(16)24(29)27-13-12-18-7-6-17(14-22(18)27)15-26-23(28)19-8-10-20(25)11-9-19/h2-11,14H,12-13,15H2,1H3,(H,26,28). The molecule has 0 fully saturated rings. The Balaban J connectivity index is 1.50. The zero-order chi connectivity index (χ0) is 20.4. The molecule has 1 aliphatic heterocycles. The Hall–Kier alpha value is -3.47. The minimum absolute atomic E-state index is 0.00523. The van der Waals surface area contributed by atoms with Gasteiger partial charge in [-0.05, 0) is 66.4 Å². The summed E-state index contributed by atoms with van der Waals surface area (Å²) in [6.45, 7) is 2.91. The molecule has 0 saturated heterocycles. The van der Waals surface area contributed by atoms with Crippen molar-refractivity contribution in [3.63, 3.8) is 0 Å². The van der Waals surface area contributed by atoms with E-state index in [1.165, 1.54) is 24.3 Å². The van der Waals surface area contributed by atoms with E-state index >= 15 is 0 Å². The summed E-state index contributed by atoms with van der Waals surface area (Å²) < 4.78 is 13.0. The highest BCUT2D eigenvalue weighted by atomic mass is 19.1. The van der Waals surface area contributed by atoms with E-state index in [1.807, 2.05) is 54.3 Å². The molecule has 0 saturated carbocycles. The van der Waals surface area contributed by atoms with Crippen LogP contribution < -0.4 is 10.2 Å². The van der Waals surface area contributed by atoms with Crippen molar-refractivity contribution in [2.45, 2.75) is 19.9 Å². The first-order valence-corrected chi connectivity index (χ1v) is 9.56. The molecule has 0 aromatic heterocycles. The van der Waals surface area contributed by atoms with Gasteiger partial charge in [-0.1, -0.05) is 30.3 Å². The van der Waals surface area contributed by atoms with Crippen LogP contribution >= 0.6 is 0 Å². The van der Waals surface area contributed by atoms with Crippen LogP contribution in [0.5, 0.6) is 0 Å². The van der Waals surface area contributed by atoms with Gasteiger partial charge in [-0.15, -0.1) is 0 Å². The van der Waals surface area contributed by atoms with Crippen molar-refractivity contribution in [3.05, 3.63) is 100 Å². The van der Waals surface area contributed by atoms with Crippen molar-refractivity contribution in [3.8, 4) is 0 Å². The van der Waals surface area contributed by atoms with Crippen LogP contribution in [0.3, 0.4) is 0 Å². The predicted molar refractivity (Wildman–Crippen MR) is 111 cm³/mol. The SMILES string of the molecule is Cc1ccccc1C(=O)N1CCc2ccc(CNC(=O)c3ccc(F)cc3)cc21. The van der Waals surface area contributed by atoms with Gasteiger partial charge in [0.2, 0.25) is 0 Å². The van der Waals surface area contributed by atoms with Crippen molar-refractivity contribution in [2.24, 2.45) is 0 Å². The summed E-state index contributed by atoms with van der Waals surface area (Å²) in [4.78, 5) is 27.1. The minimum Gasteiger partial charge on any atom is -0.348 e. The maximum Gasteiger partial charge on any atom is 0.258 e. The summed E-state index contributed by atoms with van der Waals surface area (Å²) >= 11 is 0. The molecule has 0 radical (unpaired) electrons. The number of hydrogen-bond acceptors (Lipinski definition) is 2. The van der Waals surface area contributed by atoms with Crippen molar-refractivity contribution < 1.29 is 14.0 Å². The van der Waals surface area contributed by atoms with E-state index in [0.717, 1.165) is 28.8 Å². The topological polar surface area (TPSA) is 49.4 Å². The highest BCUT2D eigenvalue weighted by Crippen LogP contribution is 2.31. The van der Waals surface area contributed by atoms with Gasteiger partial charge in [0.25, 0.3) is 11.8 Å². The number of aryl methyl sites for hydroxylation is 1. The fraction of sp³-hybridized carbons (Fsp3) is 0.167. The zero-order valence-electron chi connectivity index (χ0n) is 16.1. The van der Waals surface area contributed by atoms with E-state index in [1.54, 1.807) is 0 Å². The van der Waals surface area contributed by atoms with Crippen LogP contribution in [0.15, 0.2) is 66.7 Å². The zero-order valence-corrected chi connectivity index (χ0v) is 16.1. The Labute approximate surface area is 169 Å². The Kier molecular flexibility index (Phi) is 5.12. The Morgan fingerprint density at radius 1 is 1.03 bits per heavy atom. The number of rotatable bonds is 4. The number of amides is 2. The molecule has 146 valence electrons. The van der Waals surface area contributed by atoms with Crippen molar-refractivity contribution in [1.29, 1.82) is 0 Å². The normalized spacial score (nSPS) is 12.6. The van der Waals surface area contributed by atoms with Crippen LogP contribution in [0.4, 0.5) is 10.1 Å². The monoisotopic (exact) mass is 388 g/mol. The first-order chi connectivity index (χ1) is 14.0. The average Bonchev–Trinajstić information content (AvgIpc) is 3.15. The minimum atomic E-state index is -0.376. The van der Waals surface area contributed by atoms with Crippen LogP contribution in [-0.4, -0.2) is 18.4 Å². The van der Waals surface area contributed by atoms with E-state index < -0.39 is 0 Å². The number of fused-ring (bicyclic) bond motifs is 1. The number of nitrogens with one attached hydrogen (secondary N) is 1. The van der Waals surface area contributed by atoms with Gasteiger partial charge in [0.05, 0.1) is 0 Å². The molecule has 5 heteroatoms. The lowest BCUT2D eigenvalue weighted by Gasteiger charge is -2.19. The average molecular weight is 388 g/mol. The third kappa shape index (κ3) is 3.90. The maximum atomic E-state index is 13.0. The molecule has 3 aromatic carbocycles. The highest BCUT2D eigenvalue weighted by Gasteiger charge is 2.26. The summed E-state index contributed by atoms with van der Waals surface area (Å²) in [5, 5.41) is 2.85. The van der Waals surface area contributed by atoms with E-state index in [-0.39, 0.29) is 17.6 Å². The Bertz CT molecular complexity index is 1080.